The molecule has 0 aliphatic rings. The first-order valence-electron chi connectivity index (χ1n) is 7.32. The molecule has 0 spiro atoms. The third-order valence-corrected chi connectivity index (χ3v) is 3.72. The molecule has 0 saturated heterocycles. The molecular weight excluding hydrogens is 274 g/mol. The zero-order valence-corrected chi connectivity index (χ0v) is 12.5. The van der Waals surface area contributed by atoms with Gasteiger partial charge < -0.3 is 15.2 Å². The van der Waals surface area contributed by atoms with Crippen LogP contribution in [0.4, 0.5) is 4.79 Å². The van der Waals surface area contributed by atoms with Crippen LogP contribution < -0.4 is 5.32 Å². The van der Waals surface area contributed by atoms with Gasteiger partial charge in [-0.1, -0.05) is 48.5 Å². The van der Waals surface area contributed by atoms with E-state index in [1.54, 1.807) is 4.90 Å². The topological polar surface area (TPSA) is 48.1 Å². The molecule has 0 radical (unpaired) electrons. The summed E-state index contributed by atoms with van der Waals surface area (Å²) < 4.78 is 0. The quantitative estimate of drug-likeness (QED) is 0.760. The van der Waals surface area contributed by atoms with E-state index in [0.29, 0.717) is 13.1 Å². The molecule has 0 fully saturated rings. The molecule has 2 N–H and O–H groups in total. The number of aromatic nitrogens is 1. The van der Waals surface area contributed by atoms with Crippen LogP contribution in [0.15, 0.2) is 60.8 Å². The summed E-state index contributed by atoms with van der Waals surface area (Å²) in [6.07, 6.45) is 1.96. The van der Waals surface area contributed by atoms with Gasteiger partial charge in [0.2, 0.25) is 0 Å². The number of carbonyl (C=O) groups excluding carboxylic acids is 1. The number of nitrogens with one attached hydrogen (secondary N) is 2. The lowest BCUT2D eigenvalue weighted by Gasteiger charge is -2.17. The number of urea groups is 1. The van der Waals surface area contributed by atoms with Gasteiger partial charge in [0.05, 0.1) is 0 Å². The van der Waals surface area contributed by atoms with E-state index in [9.17, 15) is 4.79 Å². The van der Waals surface area contributed by atoms with Crippen molar-refractivity contribution < 1.29 is 4.79 Å². The van der Waals surface area contributed by atoms with E-state index < -0.39 is 0 Å². The average molecular weight is 293 g/mol. The Balaban J connectivity index is 1.61. The average Bonchev–Trinajstić information content (AvgIpc) is 2.97. The molecule has 1 heterocycles. The van der Waals surface area contributed by atoms with Crippen molar-refractivity contribution in [2.24, 2.45) is 0 Å². The fraction of sp³-hybridized carbons (Fsp3) is 0.167. The number of benzene rings is 2. The summed E-state index contributed by atoms with van der Waals surface area (Å²) in [4.78, 5) is 17.1. The van der Waals surface area contributed by atoms with Crippen LogP contribution in [0.3, 0.4) is 0 Å². The summed E-state index contributed by atoms with van der Waals surface area (Å²) >= 11 is 0. The van der Waals surface area contributed by atoms with E-state index >= 15 is 0 Å². The monoisotopic (exact) mass is 293 g/mol. The third kappa shape index (κ3) is 3.11. The number of nitrogens with zero attached hydrogens (tertiary/aromatic N) is 1. The van der Waals surface area contributed by atoms with E-state index in [2.05, 4.69) is 16.4 Å². The molecule has 0 aliphatic heterocycles. The Morgan fingerprint density at radius 1 is 1.09 bits per heavy atom. The van der Waals surface area contributed by atoms with Crippen molar-refractivity contribution in [2.75, 3.05) is 7.05 Å². The molecule has 0 atom stereocenters. The van der Waals surface area contributed by atoms with Gasteiger partial charge in [0, 0.05) is 37.2 Å². The van der Waals surface area contributed by atoms with E-state index in [1.165, 1.54) is 0 Å². The standard InChI is InChI=1S/C18H19N3O/c1-21(18(22)20-11-14-7-3-2-4-8-14)13-15-12-19-17-10-6-5-9-16(15)17/h2-10,12,19H,11,13H2,1H3,(H,20,22). The number of amides is 2. The summed E-state index contributed by atoms with van der Waals surface area (Å²) in [5.74, 6) is 0. The van der Waals surface area contributed by atoms with Gasteiger partial charge in [0.1, 0.15) is 0 Å². The Hall–Kier alpha value is -2.75. The molecule has 2 aromatic carbocycles. The zero-order chi connectivity index (χ0) is 15.4. The Kier molecular flexibility index (Phi) is 4.10. The van der Waals surface area contributed by atoms with Crippen molar-refractivity contribution >= 4 is 16.9 Å². The molecule has 112 valence electrons. The molecule has 1 aromatic heterocycles. The smallest absolute Gasteiger partial charge is 0.317 e. The molecule has 4 heteroatoms. The number of carbonyl (C=O) groups is 1. The zero-order valence-electron chi connectivity index (χ0n) is 12.5. The fourth-order valence-electron chi connectivity index (χ4n) is 2.50. The van der Waals surface area contributed by atoms with Gasteiger partial charge in [-0.3, -0.25) is 0 Å². The number of para-hydroxylation sites is 1. The second-order valence-electron chi connectivity index (χ2n) is 5.36. The van der Waals surface area contributed by atoms with E-state index in [-0.39, 0.29) is 6.03 Å². The molecule has 2 amide bonds. The Bertz CT molecular complexity index is 764. The van der Waals surface area contributed by atoms with Crippen LogP contribution in [0.2, 0.25) is 0 Å². The lowest BCUT2D eigenvalue weighted by Crippen LogP contribution is -2.36. The first kappa shape index (κ1) is 14.2. The first-order valence-corrected chi connectivity index (χ1v) is 7.32. The maximum absolute atomic E-state index is 12.2. The molecule has 3 aromatic rings. The minimum absolute atomic E-state index is 0.0749. The highest BCUT2D eigenvalue weighted by Crippen LogP contribution is 2.18. The van der Waals surface area contributed by atoms with Crippen LogP contribution in [-0.4, -0.2) is 23.0 Å². The van der Waals surface area contributed by atoms with Crippen molar-refractivity contribution in [3.8, 4) is 0 Å². The van der Waals surface area contributed by atoms with Crippen LogP contribution in [0.5, 0.6) is 0 Å². The van der Waals surface area contributed by atoms with Gasteiger partial charge in [-0.15, -0.1) is 0 Å². The van der Waals surface area contributed by atoms with Crippen LogP contribution in [0.1, 0.15) is 11.1 Å². The van der Waals surface area contributed by atoms with Gasteiger partial charge in [-0.2, -0.15) is 0 Å². The van der Waals surface area contributed by atoms with E-state index in [1.807, 2.05) is 61.8 Å². The molecular formula is C18H19N3O. The summed E-state index contributed by atoms with van der Waals surface area (Å²) in [5, 5.41) is 4.09. The largest absolute Gasteiger partial charge is 0.361 e. The molecule has 0 saturated carbocycles. The second-order valence-corrected chi connectivity index (χ2v) is 5.36. The summed E-state index contributed by atoms with van der Waals surface area (Å²) in [5.41, 5.74) is 3.31. The van der Waals surface area contributed by atoms with Crippen LogP contribution in [0, 0.1) is 0 Å². The number of aromatic amines is 1. The highest BCUT2D eigenvalue weighted by molar-refractivity contribution is 5.83. The highest BCUT2D eigenvalue weighted by Gasteiger charge is 2.11. The Morgan fingerprint density at radius 3 is 2.64 bits per heavy atom. The van der Waals surface area contributed by atoms with Gasteiger partial charge >= 0.3 is 6.03 Å². The lowest BCUT2D eigenvalue weighted by atomic mass is 10.2. The number of hydrogen-bond acceptors (Lipinski definition) is 1. The number of H-pyrrole nitrogens is 1. The van der Waals surface area contributed by atoms with Crippen LogP contribution in [-0.2, 0) is 13.1 Å². The summed E-state index contributed by atoms with van der Waals surface area (Å²) in [7, 11) is 1.81. The first-order chi connectivity index (χ1) is 10.7. The maximum Gasteiger partial charge on any atom is 0.317 e. The minimum atomic E-state index is -0.0749. The molecule has 22 heavy (non-hydrogen) atoms. The number of rotatable bonds is 4. The highest BCUT2D eigenvalue weighted by atomic mass is 16.2. The number of fused-ring (bicyclic) bond motifs is 1. The summed E-state index contributed by atoms with van der Waals surface area (Å²) in [6.45, 7) is 1.11. The van der Waals surface area contributed by atoms with Crippen molar-refractivity contribution in [3.63, 3.8) is 0 Å². The molecule has 0 unspecified atom stereocenters. The van der Waals surface area contributed by atoms with Crippen molar-refractivity contribution in [3.05, 3.63) is 71.9 Å². The van der Waals surface area contributed by atoms with Crippen molar-refractivity contribution in [1.29, 1.82) is 0 Å². The van der Waals surface area contributed by atoms with Gasteiger partial charge in [-0.05, 0) is 17.2 Å². The number of hydrogen-bond donors (Lipinski definition) is 2. The second kappa shape index (κ2) is 6.35. The van der Waals surface area contributed by atoms with Crippen molar-refractivity contribution in [1.82, 2.24) is 15.2 Å². The SMILES string of the molecule is CN(Cc1c[nH]c2ccccc12)C(=O)NCc1ccccc1. The van der Waals surface area contributed by atoms with E-state index in [4.69, 9.17) is 0 Å². The normalized spacial score (nSPS) is 10.6. The van der Waals surface area contributed by atoms with E-state index in [0.717, 1.165) is 22.0 Å². The van der Waals surface area contributed by atoms with Gasteiger partial charge in [0.25, 0.3) is 0 Å². The lowest BCUT2D eigenvalue weighted by molar-refractivity contribution is 0.206. The molecule has 0 aliphatic carbocycles. The Morgan fingerprint density at radius 2 is 1.82 bits per heavy atom. The Labute approximate surface area is 129 Å². The minimum Gasteiger partial charge on any atom is -0.361 e. The van der Waals surface area contributed by atoms with Crippen molar-refractivity contribution in [2.45, 2.75) is 13.1 Å². The van der Waals surface area contributed by atoms with Crippen LogP contribution in [0.25, 0.3) is 10.9 Å². The molecule has 0 bridgehead atoms. The maximum atomic E-state index is 12.2. The fourth-order valence-corrected chi connectivity index (χ4v) is 2.50. The van der Waals surface area contributed by atoms with Crippen LogP contribution >= 0.6 is 0 Å². The molecule has 3 rings (SSSR count). The molecule has 4 nitrogen and oxygen atoms in total. The predicted octanol–water partition coefficient (Wildman–Crippen LogP) is 3.51. The predicted molar refractivity (Wildman–Crippen MR) is 88.4 cm³/mol. The third-order valence-electron chi connectivity index (χ3n) is 3.72. The van der Waals surface area contributed by atoms with Gasteiger partial charge in [-0.25, -0.2) is 4.79 Å². The summed E-state index contributed by atoms with van der Waals surface area (Å²) in [6, 6.07) is 17.9. The van der Waals surface area contributed by atoms with Gasteiger partial charge in [0.15, 0.2) is 0 Å².